The predicted octanol–water partition coefficient (Wildman–Crippen LogP) is 4.60. The highest BCUT2D eigenvalue weighted by atomic mass is 35.5. The van der Waals surface area contributed by atoms with E-state index in [9.17, 15) is 9.59 Å². The molecule has 0 fully saturated rings. The highest BCUT2D eigenvalue weighted by molar-refractivity contribution is 7.00. The fourth-order valence-corrected chi connectivity index (χ4v) is 2.71. The summed E-state index contributed by atoms with van der Waals surface area (Å²) in [5, 5.41) is 0.238. The SMILES string of the molecule is CCC(C)OC(=O)C(C(=O)c1c(Cl)cccc1OC)c1ccccc1.O=[PH3]. The summed E-state index contributed by atoms with van der Waals surface area (Å²) in [6, 6.07) is 13.7. The van der Waals surface area contributed by atoms with Crippen molar-refractivity contribution in [1.29, 1.82) is 0 Å². The molecule has 0 spiro atoms. The van der Waals surface area contributed by atoms with E-state index in [0.717, 1.165) is 0 Å². The smallest absolute Gasteiger partial charge is 0.321 e. The molecule has 7 heteroatoms. The summed E-state index contributed by atoms with van der Waals surface area (Å²) in [6.45, 7) is 3.70. The van der Waals surface area contributed by atoms with Gasteiger partial charge in [0.05, 0.1) is 32.9 Å². The van der Waals surface area contributed by atoms with E-state index < -0.39 is 17.7 Å². The first-order valence-electron chi connectivity index (χ1n) is 8.40. The zero-order valence-corrected chi connectivity index (χ0v) is 17.8. The molecule has 2 rings (SSSR count). The molecule has 0 amide bonds. The summed E-state index contributed by atoms with van der Waals surface area (Å²) in [5.41, 5.74) is 0.740. The number of methoxy groups -OCH3 is 1. The van der Waals surface area contributed by atoms with Gasteiger partial charge in [-0.05, 0) is 31.0 Å². The number of Topliss-reactive ketones (excluding diaryl/α,β-unsaturated/α-hetero) is 1. The molecule has 2 aromatic rings. The van der Waals surface area contributed by atoms with Gasteiger partial charge in [-0.2, -0.15) is 0 Å². The Kier molecular flexibility index (Phi) is 9.84. The van der Waals surface area contributed by atoms with Crippen molar-refractivity contribution in [3.05, 3.63) is 64.7 Å². The van der Waals surface area contributed by atoms with Crippen LogP contribution in [0.3, 0.4) is 0 Å². The van der Waals surface area contributed by atoms with E-state index in [1.54, 1.807) is 49.4 Å². The van der Waals surface area contributed by atoms with Crippen molar-refractivity contribution in [1.82, 2.24) is 0 Å². The van der Waals surface area contributed by atoms with Crippen LogP contribution in [0.1, 0.15) is 42.1 Å². The average molecular weight is 411 g/mol. The van der Waals surface area contributed by atoms with Gasteiger partial charge in [0.15, 0.2) is 5.78 Å². The Bertz CT molecular complexity index is 766. The monoisotopic (exact) mass is 410 g/mol. The number of hydrogen-bond donors (Lipinski definition) is 0. The second kappa shape index (κ2) is 11.6. The quantitative estimate of drug-likeness (QED) is 0.289. The van der Waals surface area contributed by atoms with Crippen LogP contribution in [0.15, 0.2) is 48.5 Å². The standard InChI is InChI=1S/C20H21ClO4.H3OP/c1-4-13(2)25-20(23)17(14-9-6-5-7-10-14)19(22)18-15(21)11-8-12-16(18)24-3;1-2/h5-13,17H,4H2,1-3H3;2H3. The Labute approximate surface area is 166 Å². The van der Waals surface area contributed by atoms with E-state index in [1.807, 2.05) is 13.0 Å². The summed E-state index contributed by atoms with van der Waals surface area (Å²) in [5.74, 6) is -1.80. The number of ether oxygens (including phenoxy) is 2. The van der Waals surface area contributed by atoms with Gasteiger partial charge < -0.3 is 14.0 Å². The van der Waals surface area contributed by atoms with Gasteiger partial charge in [0.2, 0.25) is 0 Å². The van der Waals surface area contributed by atoms with Crippen molar-refractivity contribution in [2.75, 3.05) is 7.11 Å². The zero-order valence-electron chi connectivity index (χ0n) is 15.6. The maximum absolute atomic E-state index is 13.2. The van der Waals surface area contributed by atoms with Crippen LogP contribution in [-0.4, -0.2) is 25.0 Å². The molecular formula is C20H24ClO5P. The number of benzene rings is 2. The van der Waals surface area contributed by atoms with Gasteiger partial charge >= 0.3 is 5.97 Å². The molecule has 0 aliphatic rings. The lowest BCUT2D eigenvalue weighted by atomic mass is 9.90. The minimum Gasteiger partial charge on any atom is -0.496 e. The Balaban J connectivity index is 0.00000176. The van der Waals surface area contributed by atoms with Gasteiger partial charge in [-0.3, -0.25) is 9.59 Å². The second-order valence-corrected chi connectivity index (χ2v) is 6.09. The lowest BCUT2D eigenvalue weighted by molar-refractivity contribution is -0.148. The molecule has 5 nitrogen and oxygen atoms in total. The zero-order chi connectivity index (χ0) is 20.4. The van der Waals surface area contributed by atoms with Crippen LogP contribution < -0.4 is 4.74 Å². The van der Waals surface area contributed by atoms with Crippen LogP contribution in [-0.2, 0) is 14.1 Å². The predicted molar refractivity (Wildman–Crippen MR) is 109 cm³/mol. The maximum atomic E-state index is 13.2. The van der Waals surface area contributed by atoms with Crippen LogP contribution in [0.4, 0.5) is 0 Å². The first kappa shape index (κ1) is 22.9. The molecule has 0 aliphatic carbocycles. The van der Waals surface area contributed by atoms with Crippen LogP contribution in [0.5, 0.6) is 5.75 Å². The van der Waals surface area contributed by atoms with Crippen molar-refractivity contribution in [3.63, 3.8) is 0 Å². The van der Waals surface area contributed by atoms with Crippen molar-refractivity contribution < 1.29 is 23.6 Å². The maximum Gasteiger partial charge on any atom is 0.321 e. The second-order valence-electron chi connectivity index (χ2n) is 5.68. The molecule has 3 atom stereocenters. The molecule has 2 aromatic carbocycles. The Morgan fingerprint density at radius 2 is 1.70 bits per heavy atom. The third kappa shape index (κ3) is 5.95. The first-order chi connectivity index (χ1) is 13.0. The fraction of sp³-hybridized carbons (Fsp3) is 0.300. The lowest BCUT2D eigenvalue weighted by Crippen LogP contribution is -2.27. The van der Waals surface area contributed by atoms with Gasteiger partial charge in [-0.1, -0.05) is 54.9 Å². The number of ketones is 1. The van der Waals surface area contributed by atoms with Crippen molar-refractivity contribution in [2.45, 2.75) is 32.3 Å². The summed E-state index contributed by atoms with van der Waals surface area (Å²) in [7, 11) is 2.07. The van der Waals surface area contributed by atoms with Crippen molar-refractivity contribution in [2.24, 2.45) is 0 Å². The summed E-state index contributed by atoms with van der Waals surface area (Å²) < 4.78 is 19.0. The van der Waals surface area contributed by atoms with Crippen LogP contribution in [0.2, 0.25) is 5.02 Å². The van der Waals surface area contributed by atoms with Crippen molar-refractivity contribution in [3.8, 4) is 5.75 Å². The van der Waals surface area contributed by atoms with Crippen molar-refractivity contribution >= 4 is 32.5 Å². The topological polar surface area (TPSA) is 69.7 Å². The molecule has 0 bridgehead atoms. The summed E-state index contributed by atoms with van der Waals surface area (Å²) in [6.07, 6.45) is 0.385. The third-order valence-electron chi connectivity index (χ3n) is 3.96. The number of rotatable bonds is 7. The minimum absolute atomic E-state index is 0.182. The molecule has 146 valence electrons. The molecule has 0 saturated carbocycles. The number of esters is 1. The number of hydrogen-bond acceptors (Lipinski definition) is 5. The minimum atomic E-state index is -1.09. The van der Waals surface area contributed by atoms with Gasteiger partial charge in [0.1, 0.15) is 11.7 Å². The van der Waals surface area contributed by atoms with Crippen LogP contribution in [0, 0.1) is 0 Å². The Morgan fingerprint density at radius 3 is 2.26 bits per heavy atom. The first-order valence-corrected chi connectivity index (χ1v) is 9.36. The molecule has 0 N–H and O–H groups in total. The molecule has 0 radical (unpaired) electrons. The number of carbonyl (C=O) groups excluding carboxylic acids is 2. The molecule has 0 aliphatic heterocycles. The molecule has 27 heavy (non-hydrogen) atoms. The van der Waals surface area contributed by atoms with Gasteiger partial charge in [-0.15, -0.1) is 0 Å². The summed E-state index contributed by atoms with van der Waals surface area (Å²) >= 11 is 6.22. The average Bonchev–Trinajstić information content (AvgIpc) is 2.69. The van der Waals surface area contributed by atoms with E-state index in [0.29, 0.717) is 26.9 Å². The largest absolute Gasteiger partial charge is 0.496 e. The van der Waals surface area contributed by atoms with E-state index in [1.165, 1.54) is 7.11 Å². The number of carbonyl (C=O) groups is 2. The molecule has 0 heterocycles. The van der Waals surface area contributed by atoms with E-state index in [4.69, 9.17) is 25.6 Å². The van der Waals surface area contributed by atoms with Gasteiger partial charge in [0, 0.05) is 0 Å². The molecule has 0 saturated heterocycles. The van der Waals surface area contributed by atoms with E-state index >= 15 is 0 Å². The Morgan fingerprint density at radius 1 is 1.07 bits per heavy atom. The fourth-order valence-electron chi connectivity index (χ4n) is 2.45. The van der Waals surface area contributed by atoms with Gasteiger partial charge in [0.25, 0.3) is 0 Å². The van der Waals surface area contributed by atoms with Crippen LogP contribution >= 0.6 is 20.7 Å². The lowest BCUT2D eigenvalue weighted by Gasteiger charge is -2.20. The van der Waals surface area contributed by atoms with Crippen LogP contribution in [0.25, 0.3) is 0 Å². The molecular weight excluding hydrogens is 387 g/mol. The van der Waals surface area contributed by atoms with Gasteiger partial charge in [-0.25, -0.2) is 0 Å². The third-order valence-corrected chi connectivity index (χ3v) is 4.28. The highest BCUT2D eigenvalue weighted by Gasteiger charge is 2.34. The highest BCUT2D eigenvalue weighted by Crippen LogP contribution is 2.33. The number of halogens is 1. The van der Waals surface area contributed by atoms with E-state index in [2.05, 4.69) is 0 Å². The molecule has 0 aromatic heterocycles. The summed E-state index contributed by atoms with van der Waals surface area (Å²) in [4.78, 5) is 25.9. The normalized spacial score (nSPS) is 12.3. The molecule has 3 unspecified atom stereocenters. The Hall–Kier alpha value is -2.10. The van der Waals surface area contributed by atoms with E-state index in [-0.39, 0.29) is 16.7 Å².